The van der Waals surface area contributed by atoms with Crippen molar-refractivity contribution in [3.05, 3.63) is 12.2 Å². The summed E-state index contributed by atoms with van der Waals surface area (Å²) in [5, 5.41) is 2.79. The lowest BCUT2D eigenvalue weighted by molar-refractivity contribution is -0.0692. The molecule has 0 amide bonds. The Kier molecular flexibility index (Phi) is 4.48. The molecule has 0 aromatic rings. The van der Waals surface area contributed by atoms with Crippen molar-refractivity contribution >= 4 is 0 Å². The summed E-state index contributed by atoms with van der Waals surface area (Å²) in [6, 6.07) is 0.316. The van der Waals surface area contributed by atoms with Crippen LogP contribution in [0, 0.1) is 0 Å². The largest absolute Gasteiger partial charge is 0.371 e. The Morgan fingerprint density at radius 1 is 1.50 bits per heavy atom. The molecule has 0 aromatic carbocycles. The van der Waals surface area contributed by atoms with Crippen LogP contribution in [0.2, 0.25) is 0 Å². The fourth-order valence-electron chi connectivity index (χ4n) is 1.00. The van der Waals surface area contributed by atoms with E-state index in [4.69, 9.17) is 4.74 Å². The van der Waals surface area contributed by atoms with Crippen LogP contribution >= 0.6 is 0 Å². The molecule has 0 radical (unpaired) electrons. The van der Waals surface area contributed by atoms with Crippen LogP contribution < -0.4 is 5.32 Å². The zero-order valence-corrected chi connectivity index (χ0v) is 8.43. The lowest BCUT2D eigenvalue weighted by Crippen LogP contribution is -2.37. The van der Waals surface area contributed by atoms with Crippen molar-refractivity contribution < 1.29 is 13.5 Å². The van der Waals surface area contributed by atoms with E-state index in [-0.39, 0.29) is 13.2 Å². The molecule has 1 aliphatic rings. The van der Waals surface area contributed by atoms with Crippen LogP contribution in [-0.4, -0.2) is 31.7 Å². The average Bonchev–Trinajstić information content (AvgIpc) is 2.93. The normalized spacial score (nSPS) is 17.9. The minimum Gasteiger partial charge on any atom is -0.371 e. The number of nitrogens with one attached hydrogen (secondary N) is 1. The van der Waals surface area contributed by atoms with Gasteiger partial charge in [0.1, 0.15) is 6.61 Å². The molecule has 0 spiro atoms. The summed E-state index contributed by atoms with van der Waals surface area (Å²) in [7, 11) is 0. The second-order valence-electron chi connectivity index (χ2n) is 3.60. The topological polar surface area (TPSA) is 21.3 Å². The van der Waals surface area contributed by atoms with Crippen molar-refractivity contribution in [3.63, 3.8) is 0 Å². The summed E-state index contributed by atoms with van der Waals surface area (Å²) < 4.78 is 30.9. The number of alkyl halides is 2. The van der Waals surface area contributed by atoms with Gasteiger partial charge in [0.25, 0.3) is 5.92 Å². The summed E-state index contributed by atoms with van der Waals surface area (Å²) in [4.78, 5) is 0. The minimum atomic E-state index is -2.75. The number of halogens is 2. The van der Waals surface area contributed by atoms with Gasteiger partial charge < -0.3 is 10.1 Å². The SMILES string of the molecule is C/C=C/COCC(F)(F)CNC1CC1. The van der Waals surface area contributed by atoms with Crippen LogP contribution in [0.1, 0.15) is 19.8 Å². The summed E-state index contributed by atoms with van der Waals surface area (Å²) in [6.07, 6.45) is 5.54. The molecular formula is C10H17F2NO. The van der Waals surface area contributed by atoms with Crippen molar-refractivity contribution in [3.8, 4) is 0 Å². The van der Waals surface area contributed by atoms with Crippen molar-refractivity contribution in [1.82, 2.24) is 5.32 Å². The van der Waals surface area contributed by atoms with E-state index in [2.05, 4.69) is 5.32 Å². The Bertz CT molecular complexity index is 191. The van der Waals surface area contributed by atoms with Gasteiger partial charge in [-0.25, -0.2) is 8.78 Å². The number of allylic oxidation sites excluding steroid dienone is 1. The monoisotopic (exact) mass is 205 g/mol. The van der Waals surface area contributed by atoms with Crippen molar-refractivity contribution in [2.75, 3.05) is 19.8 Å². The molecule has 14 heavy (non-hydrogen) atoms. The van der Waals surface area contributed by atoms with E-state index in [1.807, 2.05) is 6.92 Å². The number of rotatable bonds is 7. The highest BCUT2D eigenvalue weighted by Gasteiger charge is 2.32. The molecule has 0 bridgehead atoms. The van der Waals surface area contributed by atoms with Gasteiger partial charge in [-0.2, -0.15) is 0 Å². The van der Waals surface area contributed by atoms with Crippen molar-refractivity contribution in [1.29, 1.82) is 0 Å². The van der Waals surface area contributed by atoms with E-state index >= 15 is 0 Å². The Hall–Kier alpha value is -0.480. The quantitative estimate of drug-likeness (QED) is 0.507. The van der Waals surface area contributed by atoms with Crippen molar-refractivity contribution in [2.45, 2.75) is 31.7 Å². The van der Waals surface area contributed by atoms with Gasteiger partial charge in [-0.05, 0) is 19.8 Å². The van der Waals surface area contributed by atoms with E-state index in [9.17, 15) is 8.78 Å². The van der Waals surface area contributed by atoms with Crippen LogP contribution in [0.4, 0.5) is 8.78 Å². The van der Waals surface area contributed by atoms with E-state index in [1.165, 1.54) is 0 Å². The first kappa shape index (κ1) is 11.6. The number of hydrogen-bond donors (Lipinski definition) is 1. The third-order valence-electron chi connectivity index (χ3n) is 1.99. The average molecular weight is 205 g/mol. The van der Waals surface area contributed by atoms with Crippen LogP contribution in [0.5, 0.6) is 0 Å². The molecule has 1 aliphatic carbocycles. The molecule has 1 N–H and O–H groups in total. The Morgan fingerprint density at radius 3 is 2.79 bits per heavy atom. The van der Waals surface area contributed by atoms with Gasteiger partial charge in [0.05, 0.1) is 13.2 Å². The van der Waals surface area contributed by atoms with Crippen molar-refractivity contribution in [2.24, 2.45) is 0 Å². The predicted octanol–water partition coefficient (Wildman–Crippen LogP) is 1.97. The zero-order valence-electron chi connectivity index (χ0n) is 8.43. The van der Waals surface area contributed by atoms with E-state index in [0.717, 1.165) is 12.8 Å². The molecule has 0 aromatic heterocycles. The minimum absolute atomic E-state index is 0.259. The van der Waals surface area contributed by atoms with Crippen LogP contribution in [0.3, 0.4) is 0 Å². The number of hydrogen-bond acceptors (Lipinski definition) is 2. The maximum absolute atomic E-state index is 13.0. The van der Waals surface area contributed by atoms with Gasteiger partial charge in [-0.3, -0.25) is 0 Å². The standard InChI is InChI=1S/C10H17F2NO/c1-2-3-6-14-8-10(11,12)7-13-9-4-5-9/h2-3,9,13H,4-8H2,1H3/b3-2+. The third kappa shape index (κ3) is 5.29. The number of ether oxygens (including phenoxy) is 1. The molecule has 2 nitrogen and oxygen atoms in total. The Balaban J connectivity index is 2.05. The predicted molar refractivity (Wildman–Crippen MR) is 51.6 cm³/mol. The fraction of sp³-hybridized carbons (Fsp3) is 0.800. The first-order valence-electron chi connectivity index (χ1n) is 4.94. The molecule has 0 saturated heterocycles. The summed E-state index contributed by atoms with van der Waals surface area (Å²) >= 11 is 0. The van der Waals surface area contributed by atoms with Crippen LogP contribution in [0.15, 0.2) is 12.2 Å². The molecule has 0 unspecified atom stereocenters. The van der Waals surface area contributed by atoms with Gasteiger partial charge in [-0.1, -0.05) is 12.2 Å². The molecular weight excluding hydrogens is 188 g/mol. The Labute approximate surface area is 83.3 Å². The summed E-state index contributed by atoms with van der Waals surface area (Å²) in [5.74, 6) is -2.75. The molecule has 0 aliphatic heterocycles. The molecule has 1 fully saturated rings. The lowest BCUT2D eigenvalue weighted by atomic mass is 10.3. The molecule has 0 atom stereocenters. The fourth-order valence-corrected chi connectivity index (χ4v) is 1.00. The summed E-state index contributed by atoms with van der Waals surface area (Å²) in [6.45, 7) is 1.32. The van der Waals surface area contributed by atoms with Gasteiger partial charge in [0.2, 0.25) is 0 Å². The highest BCUT2D eigenvalue weighted by Crippen LogP contribution is 2.21. The maximum atomic E-state index is 13.0. The smallest absolute Gasteiger partial charge is 0.283 e. The maximum Gasteiger partial charge on any atom is 0.283 e. The second kappa shape index (κ2) is 5.41. The van der Waals surface area contributed by atoms with E-state index < -0.39 is 12.5 Å². The van der Waals surface area contributed by atoms with Gasteiger partial charge >= 0.3 is 0 Å². The van der Waals surface area contributed by atoms with Gasteiger partial charge in [0.15, 0.2) is 0 Å². The molecule has 1 rings (SSSR count). The van der Waals surface area contributed by atoms with E-state index in [1.54, 1.807) is 12.2 Å². The lowest BCUT2D eigenvalue weighted by Gasteiger charge is -2.16. The van der Waals surface area contributed by atoms with E-state index in [0.29, 0.717) is 6.04 Å². The molecule has 1 saturated carbocycles. The molecule has 4 heteroatoms. The van der Waals surface area contributed by atoms with Crippen LogP contribution in [0.25, 0.3) is 0 Å². The first-order chi connectivity index (χ1) is 6.64. The second-order valence-corrected chi connectivity index (χ2v) is 3.60. The Morgan fingerprint density at radius 2 is 2.21 bits per heavy atom. The third-order valence-corrected chi connectivity index (χ3v) is 1.99. The van der Waals surface area contributed by atoms with Gasteiger partial charge in [0, 0.05) is 6.04 Å². The molecule has 0 heterocycles. The zero-order chi connectivity index (χ0) is 10.4. The van der Waals surface area contributed by atoms with Gasteiger partial charge in [-0.15, -0.1) is 0 Å². The highest BCUT2D eigenvalue weighted by molar-refractivity contribution is 4.84. The highest BCUT2D eigenvalue weighted by atomic mass is 19.3. The summed E-state index contributed by atoms with van der Waals surface area (Å²) in [5.41, 5.74) is 0. The first-order valence-corrected chi connectivity index (χ1v) is 4.94. The van der Waals surface area contributed by atoms with Crippen LogP contribution in [-0.2, 0) is 4.74 Å². The molecule has 82 valence electrons.